The Hall–Kier alpha value is -3.77. The lowest BCUT2D eigenvalue weighted by atomic mass is 9.93. The normalized spacial score (nSPS) is 19.5. The molecule has 3 aromatic rings. The molecule has 2 saturated heterocycles. The van der Waals surface area contributed by atoms with Crippen LogP contribution in [-0.2, 0) is 30.9 Å². The summed E-state index contributed by atoms with van der Waals surface area (Å²) in [5.74, 6) is -0.810. The summed E-state index contributed by atoms with van der Waals surface area (Å²) >= 11 is 1.47. The number of ether oxygens (including phenoxy) is 2. The standard InChI is InChI=1S/C35H43N3O4S.C5H9NO2/c1-23-16-24(17-27(20-39)38-32(40)29-11-12-30(43-29)33(2,3)4)9-10-28(23)31-36-18-26(19-37-31)25-8-7-14-35(15-13-25)41-21-34(5,6)22-42-35;1-6-2-4(3-6)5(7)8/h8-12,16,18-20,27H,7,13-15,17,21-22H2,1-6H3,(H,38,40);4H,2-3H2,1H3,(H,7,8). The van der Waals surface area contributed by atoms with Crippen LogP contribution in [0.5, 0.6) is 0 Å². The molecule has 1 aliphatic carbocycles. The zero-order chi connectivity index (χ0) is 37.0. The molecule has 4 heterocycles. The first kappa shape index (κ1) is 38.5. The summed E-state index contributed by atoms with van der Waals surface area (Å²) in [4.78, 5) is 47.9. The number of allylic oxidation sites excluding steroid dienone is 2. The van der Waals surface area contributed by atoms with Gasteiger partial charge in [-0.3, -0.25) is 9.59 Å². The third-order valence-corrected chi connectivity index (χ3v) is 11.1. The van der Waals surface area contributed by atoms with E-state index in [2.05, 4.69) is 46.0 Å². The van der Waals surface area contributed by atoms with E-state index < -0.39 is 17.8 Å². The largest absolute Gasteiger partial charge is 0.481 e. The van der Waals surface area contributed by atoms with Crippen LogP contribution in [-0.4, -0.2) is 83.3 Å². The summed E-state index contributed by atoms with van der Waals surface area (Å²) in [5.41, 5.74) is 5.20. The number of aromatic nitrogens is 2. The van der Waals surface area contributed by atoms with E-state index in [1.807, 2.05) is 61.6 Å². The van der Waals surface area contributed by atoms with Gasteiger partial charge in [-0.15, -0.1) is 11.3 Å². The number of hydrogen-bond donors (Lipinski definition) is 2. The van der Waals surface area contributed by atoms with Gasteiger partial charge < -0.3 is 29.6 Å². The number of benzene rings is 1. The maximum Gasteiger partial charge on any atom is 0.309 e. The molecule has 1 spiro atoms. The number of aryl methyl sites for hydroxylation is 1. The highest BCUT2D eigenvalue weighted by atomic mass is 32.1. The van der Waals surface area contributed by atoms with Crippen LogP contribution in [0.25, 0.3) is 17.0 Å². The van der Waals surface area contributed by atoms with Crippen LogP contribution in [0, 0.1) is 18.3 Å². The fraction of sp³-hybridized carbons (Fsp3) is 0.525. The molecule has 3 aliphatic rings. The number of likely N-dealkylation sites (tertiary alicyclic amines) is 1. The lowest BCUT2D eigenvalue weighted by Crippen LogP contribution is -2.47. The van der Waals surface area contributed by atoms with Crippen molar-refractivity contribution in [1.82, 2.24) is 20.2 Å². The molecule has 0 radical (unpaired) electrons. The Balaban J connectivity index is 0.000000556. The van der Waals surface area contributed by atoms with Gasteiger partial charge in [0.15, 0.2) is 11.6 Å². The van der Waals surface area contributed by atoms with Crippen molar-refractivity contribution in [2.45, 2.75) is 90.9 Å². The third-order valence-electron chi connectivity index (χ3n) is 9.62. The van der Waals surface area contributed by atoms with Gasteiger partial charge in [-0.25, -0.2) is 9.97 Å². The third kappa shape index (κ3) is 9.97. The van der Waals surface area contributed by atoms with Crippen molar-refractivity contribution in [2.75, 3.05) is 33.4 Å². The fourth-order valence-corrected chi connectivity index (χ4v) is 7.35. The number of thiophene rings is 1. The van der Waals surface area contributed by atoms with Crippen LogP contribution in [0.3, 0.4) is 0 Å². The van der Waals surface area contributed by atoms with Gasteiger partial charge in [0, 0.05) is 59.7 Å². The molecule has 2 aliphatic heterocycles. The summed E-state index contributed by atoms with van der Waals surface area (Å²) in [7, 11) is 1.92. The zero-order valence-corrected chi connectivity index (χ0v) is 31.8. The predicted molar refractivity (Wildman–Crippen MR) is 200 cm³/mol. The van der Waals surface area contributed by atoms with Crippen molar-refractivity contribution in [2.24, 2.45) is 11.3 Å². The Morgan fingerprint density at radius 3 is 2.33 bits per heavy atom. The zero-order valence-electron chi connectivity index (χ0n) is 31.0. The van der Waals surface area contributed by atoms with Crippen molar-refractivity contribution in [3.8, 4) is 11.4 Å². The molecule has 1 aromatic carbocycles. The molecule has 2 aromatic heterocycles. The fourth-order valence-electron chi connectivity index (χ4n) is 6.39. The van der Waals surface area contributed by atoms with E-state index in [1.165, 1.54) is 16.9 Å². The van der Waals surface area contributed by atoms with Gasteiger partial charge >= 0.3 is 5.97 Å². The topological polar surface area (TPSA) is 131 Å². The molecule has 1 atom stereocenters. The minimum absolute atomic E-state index is 0.0240. The van der Waals surface area contributed by atoms with E-state index in [9.17, 15) is 14.4 Å². The van der Waals surface area contributed by atoms with E-state index in [4.69, 9.17) is 24.5 Å². The molecule has 11 heteroatoms. The van der Waals surface area contributed by atoms with E-state index >= 15 is 0 Å². The van der Waals surface area contributed by atoms with Gasteiger partial charge in [0.1, 0.15) is 6.29 Å². The lowest BCUT2D eigenvalue weighted by molar-refractivity contribution is -0.302. The first-order chi connectivity index (χ1) is 24.1. The molecule has 2 fully saturated rings. The number of aldehydes is 1. The molecule has 0 saturated carbocycles. The second kappa shape index (κ2) is 15.9. The minimum atomic E-state index is -0.664. The predicted octanol–water partition coefficient (Wildman–Crippen LogP) is 6.71. The van der Waals surface area contributed by atoms with Crippen LogP contribution < -0.4 is 5.32 Å². The molecule has 51 heavy (non-hydrogen) atoms. The average Bonchev–Trinajstić information content (AvgIpc) is 3.49. The minimum Gasteiger partial charge on any atom is -0.481 e. The van der Waals surface area contributed by atoms with Crippen molar-refractivity contribution in [1.29, 1.82) is 0 Å². The molecule has 6 rings (SSSR count). The molecular formula is C40H52N4O6S. The van der Waals surface area contributed by atoms with Crippen molar-refractivity contribution >= 4 is 35.1 Å². The van der Waals surface area contributed by atoms with E-state index in [0.29, 0.717) is 17.1 Å². The average molecular weight is 717 g/mol. The first-order valence-corrected chi connectivity index (χ1v) is 18.6. The van der Waals surface area contributed by atoms with E-state index in [-0.39, 0.29) is 22.7 Å². The summed E-state index contributed by atoms with van der Waals surface area (Å²) in [6, 6.07) is 9.20. The molecule has 10 nitrogen and oxygen atoms in total. The number of carbonyl (C=O) groups excluding carboxylic acids is 2. The highest BCUT2D eigenvalue weighted by Gasteiger charge is 2.40. The van der Waals surface area contributed by atoms with Crippen LogP contribution in [0.4, 0.5) is 0 Å². The number of carboxylic acid groups (broad SMARTS) is 1. The van der Waals surface area contributed by atoms with Crippen LogP contribution in [0.2, 0.25) is 0 Å². The quantitative estimate of drug-likeness (QED) is 0.244. The Morgan fingerprint density at radius 2 is 1.78 bits per heavy atom. The molecule has 0 bridgehead atoms. The van der Waals surface area contributed by atoms with Crippen molar-refractivity contribution in [3.05, 3.63) is 75.2 Å². The summed E-state index contributed by atoms with van der Waals surface area (Å²) < 4.78 is 12.5. The SMILES string of the molecule is CN1CC(C(=O)O)C1.Cc1cc(CC(C=O)NC(=O)c2ccc(C(C)(C)C)s2)ccc1-c1ncc(C2=CCCC3(CC2)OCC(C)(C)CO3)cn1. The summed E-state index contributed by atoms with van der Waals surface area (Å²) in [5, 5.41) is 11.2. The second-order valence-electron chi connectivity index (χ2n) is 16.0. The Bertz CT molecular complexity index is 1730. The molecule has 1 unspecified atom stereocenters. The van der Waals surface area contributed by atoms with Crippen LogP contribution in [0.1, 0.15) is 91.5 Å². The van der Waals surface area contributed by atoms with Crippen molar-refractivity contribution < 1.29 is 29.0 Å². The second-order valence-corrected chi connectivity index (χ2v) is 17.0. The van der Waals surface area contributed by atoms with Crippen LogP contribution in [0.15, 0.2) is 48.8 Å². The van der Waals surface area contributed by atoms with Gasteiger partial charge in [-0.1, -0.05) is 58.9 Å². The number of nitrogens with zero attached hydrogens (tertiary/aromatic N) is 3. The number of nitrogens with one attached hydrogen (secondary N) is 1. The van der Waals surface area contributed by atoms with Gasteiger partial charge in [0.2, 0.25) is 0 Å². The first-order valence-electron chi connectivity index (χ1n) is 17.7. The lowest BCUT2D eigenvalue weighted by Gasteiger charge is -2.43. The Labute approximate surface area is 305 Å². The van der Waals surface area contributed by atoms with Gasteiger partial charge in [-0.05, 0) is 67.5 Å². The number of carboxylic acids is 1. The maximum absolute atomic E-state index is 12.8. The highest BCUT2D eigenvalue weighted by Crippen LogP contribution is 2.40. The maximum atomic E-state index is 12.8. The summed E-state index contributed by atoms with van der Waals surface area (Å²) in [6.45, 7) is 15.6. The van der Waals surface area contributed by atoms with E-state index in [0.717, 1.165) is 85.4 Å². The number of amides is 1. The van der Waals surface area contributed by atoms with Gasteiger partial charge in [-0.2, -0.15) is 0 Å². The van der Waals surface area contributed by atoms with Crippen LogP contribution >= 0.6 is 11.3 Å². The molecule has 1 amide bonds. The number of aliphatic carboxylic acids is 1. The number of rotatable bonds is 8. The van der Waals surface area contributed by atoms with Gasteiger partial charge in [0.05, 0.1) is 30.1 Å². The summed E-state index contributed by atoms with van der Waals surface area (Å²) in [6.07, 6.45) is 10.7. The number of carbonyl (C=O) groups is 3. The Morgan fingerprint density at radius 1 is 1.10 bits per heavy atom. The van der Waals surface area contributed by atoms with E-state index in [1.54, 1.807) is 0 Å². The highest BCUT2D eigenvalue weighted by molar-refractivity contribution is 7.14. The molecule has 2 N–H and O–H groups in total. The number of hydrogen-bond acceptors (Lipinski definition) is 9. The molecule has 274 valence electrons. The smallest absolute Gasteiger partial charge is 0.309 e. The van der Waals surface area contributed by atoms with Crippen molar-refractivity contribution in [3.63, 3.8) is 0 Å². The monoisotopic (exact) mass is 716 g/mol. The molecular weight excluding hydrogens is 665 g/mol. The Kier molecular flexibility index (Phi) is 12.0. The van der Waals surface area contributed by atoms with Gasteiger partial charge in [0.25, 0.3) is 5.91 Å².